The minimum Gasteiger partial charge on any atom is -0.493 e. The largest absolute Gasteiger partial charge is 0.493 e. The molecule has 1 aromatic heterocycles. The van der Waals surface area contributed by atoms with Crippen LogP contribution in [0.15, 0.2) is 29.6 Å². The number of aliphatic hydroxyl groups excluding tert-OH is 1. The number of ether oxygens (including phenoxy) is 2. The number of carboxylic acids is 1. The molecule has 4 rings (SSSR count). The van der Waals surface area contributed by atoms with E-state index in [2.05, 4.69) is 0 Å². The molecule has 0 bridgehead atoms. The highest BCUT2D eigenvalue weighted by atomic mass is 35.5. The molecule has 0 amide bonds. The van der Waals surface area contributed by atoms with Gasteiger partial charge in [-0.2, -0.15) is 0 Å². The van der Waals surface area contributed by atoms with Gasteiger partial charge in [0.15, 0.2) is 0 Å². The third-order valence-electron chi connectivity index (χ3n) is 5.87. The molecule has 7 heteroatoms. The van der Waals surface area contributed by atoms with Crippen LogP contribution in [0.1, 0.15) is 46.2 Å². The molecule has 1 aliphatic heterocycles. The van der Waals surface area contributed by atoms with Crippen LogP contribution in [0.5, 0.6) is 5.75 Å². The van der Waals surface area contributed by atoms with Crippen molar-refractivity contribution in [3.8, 4) is 5.75 Å². The highest BCUT2D eigenvalue weighted by molar-refractivity contribution is 7.12. The Kier molecular flexibility index (Phi) is 5.65. The van der Waals surface area contributed by atoms with Gasteiger partial charge in [0.05, 0.1) is 24.9 Å². The number of carboxylic acid groups (broad SMARTS) is 1. The van der Waals surface area contributed by atoms with Crippen LogP contribution in [0.3, 0.4) is 0 Å². The molecule has 2 aromatic rings. The SMILES string of the molecule is Cc1cc(OC[C@@H]2[C@H]3CC[C@H](c4csc(C(=O)O)c4)O[C@H]3C[C@H]2O)ccc1Cl. The van der Waals surface area contributed by atoms with Gasteiger partial charge in [0, 0.05) is 17.4 Å². The van der Waals surface area contributed by atoms with Crippen molar-refractivity contribution in [2.24, 2.45) is 11.8 Å². The topological polar surface area (TPSA) is 76.0 Å². The summed E-state index contributed by atoms with van der Waals surface area (Å²) >= 11 is 7.29. The van der Waals surface area contributed by atoms with Crippen molar-refractivity contribution >= 4 is 28.9 Å². The summed E-state index contributed by atoms with van der Waals surface area (Å²) < 4.78 is 12.2. The second-order valence-corrected chi connectivity index (χ2v) is 8.96. The molecule has 0 spiro atoms. The molecule has 5 nitrogen and oxygen atoms in total. The number of fused-ring (bicyclic) bond motifs is 1. The molecule has 28 heavy (non-hydrogen) atoms. The molecule has 2 N–H and O–H groups in total. The summed E-state index contributed by atoms with van der Waals surface area (Å²) in [5.41, 5.74) is 1.89. The molecule has 1 aliphatic carbocycles. The van der Waals surface area contributed by atoms with E-state index in [0.717, 1.165) is 29.7 Å². The first-order chi connectivity index (χ1) is 13.4. The fraction of sp³-hybridized carbons (Fsp3) is 0.476. The van der Waals surface area contributed by atoms with E-state index < -0.39 is 12.1 Å². The highest BCUT2D eigenvalue weighted by Gasteiger charge is 2.47. The lowest BCUT2D eigenvalue weighted by molar-refractivity contribution is -0.0809. The van der Waals surface area contributed by atoms with Crippen molar-refractivity contribution in [3.63, 3.8) is 0 Å². The van der Waals surface area contributed by atoms with Gasteiger partial charge in [0.1, 0.15) is 10.6 Å². The average molecular weight is 423 g/mol. The predicted molar refractivity (Wildman–Crippen MR) is 107 cm³/mol. The quantitative estimate of drug-likeness (QED) is 0.730. The molecule has 0 radical (unpaired) electrons. The lowest BCUT2D eigenvalue weighted by Crippen LogP contribution is -2.33. The minimum atomic E-state index is -0.907. The predicted octanol–water partition coefficient (Wildman–Crippen LogP) is 4.70. The zero-order valence-electron chi connectivity index (χ0n) is 15.5. The van der Waals surface area contributed by atoms with E-state index >= 15 is 0 Å². The number of halogens is 1. The number of carbonyl (C=O) groups is 1. The Morgan fingerprint density at radius 1 is 1.36 bits per heavy atom. The summed E-state index contributed by atoms with van der Waals surface area (Å²) in [6, 6.07) is 7.27. The van der Waals surface area contributed by atoms with Crippen molar-refractivity contribution in [1.29, 1.82) is 0 Å². The Bertz CT molecular complexity index is 866. The van der Waals surface area contributed by atoms with Crippen molar-refractivity contribution in [3.05, 3.63) is 50.7 Å². The van der Waals surface area contributed by atoms with E-state index in [1.165, 1.54) is 11.3 Å². The first-order valence-electron chi connectivity index (χ1n) is 9.46. The van der Waals surface area contributed by atoms with E-state index in [-0.39, 0.29) is 24.0 Å². The third kappa shape index (κ3) is 3.92. The number of rotatable bonds is 5. The normalized spacial score (nSPS) is 29.5. The summed E-state index contributed by atoms with van der Waals surface area (Å²) in [6.45, 7) is 2.38. The summed E-state index contributed by atoms with van der Waals surface area (Å²) in [6.07, 6.45) is 1.75. The Morgan fingerprint density at radius 3 is 2.89 bits per heavy atom. The van der Waals surface area contributed by atoms with Gasteiger partial charge in [-0.15, -0.1) is 11.3 Å². The molecule has 0 unspecified atom stereocenters. The van der Waals surface area contributed by atoms with Gasteiger partial charge in [0.25, 0.3) is 0 Å². The van der Waals surface area contributed by atoms with E-state index in [1.807, 2.05) is 30.5 Å². The Balaban J connectivity index is 1.39. The summed E-state index contributed by atoms with van der Waals surface area (Å²) in [5.74, 6) is 0.124. The maximum atomic E-state index is 11.1. The highest BCUT2D eigenvalue weighted by Crippen LogP contribution is 2.46. The smallest absolute Gasteiger partial charge is 0.345 e. The maximum absolute atomic E-state index is 11.1. The summed E-state index contributed by atoms with van der Waals surface area (Å²) in [4.78, 5) is 11.4. The monoisotopic (exact) mass is 422 g/mol. The average Bonchev–Trinajstić information content (AvgIpc) is 3.27. The molecule has 1 aromatic carbocycles. The molecule has 2 heterocycles. The second-order valence-electron chi connectivity index (χ2n) is 7.64. The van der Waals surface area contributed by atoms with E-state index in [0.29, 0.717) is 22.9 Å². The fourth-order valence-electron chi connectivity index (χ4n) is 4.34. The second kappa shape index (κ2) is 8.03. The van der Waals surface area contributed by atoms with Crippen LogP contribution in [0.25, 0.3) is 0 Å². The zero-order chi connectivity index (χ0) is 19.8. The van der Waals surface area contributed by atoms with E-state index in [4.69, 9.17) is 26.2 Å². The van der Waals surface area contributed by atoms with Crippen molar-refractivity contribution in [2.75, 3.05) is 6.61 Å². The number of benzene rings is 1. The number of aromatic carboxylic acids is 1. The first-order valence-corrected chi connectivity index (χ1v) is 10.7. The number of hydrogen-bond donors (Lipinski definition) is 2. The zero-order valence-corrected chi connectivity index (χ0v) is 17.1. The van der Waals surface area contributed by atoms with Crippen LogP contribution in [0.4, 0.5) is 0 Å². The molecule has 1 saturated heterocycles. The number of thiophene rings is 1. The molecular formula is C21H23ClO5S. The van der Waals surface area contributed by atoms with Crippen molar-refractivity contribution in [1.82, 2.24) is 0 Å². The lowest BCUT2D eigenvalue weighted by atomic mass is 9.86. The van der Waals surface area contributed by atoms with Crippen LogP contribution in [-0.2, 0) is 4.74 Å². The lowest BCUT2D eigenvalue weighted by Gasteiger charge is -2.34. The van der Waals surface area contributed by atoms with Gasteiger partial charge in [-0.25, -0.2) is 4.79 Å². The molecule has 150 valence electrons. The third-order valence-corrected chi connectivity index (χ3v) is 7.23. The van der Waals surface area contributed by atoms with E-state index in [1.54, 1.807) is 6.07 Å². The Hall–Kier alpha value is -1.60. The molecule has 5 atom stereocenters. The van der Waals surface area contributed by atoms with Crippen LogP contribution >= 0.6 is 22.9 Å². The molecular weight excluding hydrogens is 400 g/mol. The van der Waals surface area contributed by atoms with Gasteiger partial charge in [-0.1, -0.05) is 11.6 Å². The fourth-order valence-corrected chi connectivity index (χ4v) is 5.24. The Labute approximate surface area is 172 Å². The van der Waals surface area contributed by atoms with Gasteiger partial charge >= 0.3 is 5.97 Å². The van der Waals surface area contributed by atoms with Gasteiger partial charge < -0.3 is 19.7 Å². The van der Waals surface area contributed by atoms with Gasteiger partial charge in [0.2, 0.25) is 0 Å². The van der Waals surface area contributed by atoms with Gasteiger partial charge in [-0.3, -0.25) is 0 Å². The van der Waals surface area contributed by atoms with Crippen molar-refractivity contribution < 1.29 is 24.5 Å². The first kappa shape index (κ1) is 19.7. The van der Waals surface area contributed by atoms with Crippen LogP contribution in [0, 0.1) is 18.8 Å². The minimum absolute atomic E-state index is 0.0255. The number of aryl methyl sites for hydroxylation is 1. The number of aliphatic hydroxyl groups is 1. The van der Waals surface area contributed by atoms with Crippen LogP contribution < -0.4 is 4.74 Å². The summed E-state index contributed by atoms with van der Waals surface area (Å²) in [5, 5.41) is 22.3. The number of hydrogen-bond acceptors (Lipinski definition) is 5. The van der Waals surface area contributed by atoms with Crippen molar-refractivity contribution in [2.45, 2.75) is 44.5 Å². The van der Waals surface area contributed by atoms with Gasteiger partial charge in [-0.05, 0) is 66.5 Å². The maximum Gasteiger partial charge on any atom is 0.345 e. The standard InChI is InChI=1S/C21H23ClO5S/c1-11-6-13(2-4-16(11)22)26-9-15-14-3-5-18(27-19(14)8-17(15)23)12-7-20(21(24)25)28-10-12/h2,4,6-7,10,14-15,17-19,23H,3,5,8-9H2,1H3,(H,24,25)/t14-,15-,17-,18-,19+/m1/s1. The summed E-state index contributed by atoms with van der Waals surface area (Å²) in [7, 11) is 0. The van der Waals surface area contributed by atoms with Crippen LogP contribution in [-0.4, -0.2) is 35.0 Å². The molecule has 2 fully saturated rings. The molecule has 1 saturated carbocycles. The Morgan fingerprint density at radius 2 is 2.18 bits per heavy atom. The van der Waals surface area contributed by atoms with E-state index in [9.17, 15) is 9.90 Å². The molecule has 2 aliphatic rings. The van der Waals surface area contributed by atoms with Crippen LogP contribution in [0.2, 0.25) is 5.02 Å².